The Hall–Kier alpha value is -4.38. The zero-order valence-corrected chi connectivity index (χ0v) is 19.6. The average molecular weight is 490 g/mol. The molecule has 4 aromatic rings. The summed E-state index contributed by atoms with van der Waals surface area (Å²) >= 11 is 1.24. The van der Waals surface area contributed by atoms with Gasteiger partial charge in [-0.3, -0.25) is 0 Å². The highest BCUT2D eigenvalue weighted by Gasteiger charge is 2.31. The minimum atomic E-state index is -0.871. The number of nitrogens with zero attached hydrogens (tertiary/aromatic N) is 5. The molecule has 0 fully saturated rings. The van der Waals surface area contributed by atoms with Crippen molar-refractivity contribution >= 4 is 34.4 Å². The van der Waals surface area contributed by atoms with Crippen LogP contribution >= 0.6 is 11.3 Å². The van der Waals surface area contributed by atoms with Crippen molar-refractivity contribution in [2.75, 3.05) is 14.2 Å². The Morgan fingerprint density at radius 2 is 1.83 bits per heavy atom. The Balaban J connectivity index is 1.81. The lowest BCUT2D eigenvalue weighted by atomic mass is 10.00. The van der Waals surface area contributed by atoms with Crippen LogP contribution in [0.2, 0.25) is 0 Å². The summed E-state index contributed by atoms with van der Waals surface area (Å²) < 4.78 is 11.8. The van der Waals surface area contributed by atoms with Crippen molar-refractivity contribution in [3.05, 3.63) is 81.4 Å². The van der Waals surface area contributed by atoms with Crippen molar-refractivity contribution in [3.8, 4) is 16.4 Å². The molecule has 0 atom stereocenters. The molecule has 3 aromatic heterocycles. The number of rotatable bonds is 5. The molecule has 0 bridgehead atoms. The number of hydrogen-bond acceptors (Lipinski definition) is 9. The predicted molar refractivity (Wildman–Crippen MR) is 129 cm³/mol. The minimum Gasteiger partial charge on any atom is -0.465 e. The van der Waals surface area contributed by atoms with Crippen LogP contribution in [0.3, 0.4) is 0 Å². The smallest absolute Gasteiger partial charge is 0.372 e. The van der Waals surface area contributed by atoms with Gasteiger partial charge in [0.2, 0.25) is 5.13 Å². The normalized spacial score (nSPS) is 13.0. The fourth-order valence-electron chi connectivity index (χ4n) is 3.83. The van der Waals surface area contributed by atoms with E-state index in [2.05, 4.69) is 15.2 Å². The van der Waals surface area contributed by atoms with E-state index >= 15 is 0 Å². The molecular weight excluding hydrogens is 470 g/mol. The SMILES string of the molecule is COC(=O)c1nn2c(=O)n(-c3nc(-c4ccccc4)cs3)nc(C3=CC=CCC3)c2c1C(=O)OC. The molecule has 0 aliphatic heterocycles. The topological polar surface area (TPSA) is 118 Å². The summed E-state index contributed by atoms with van der Waals surface area (Å²) in [6, 6.07) is 9.55. The zero-order valence-electron chi connectivity index (χ0n) is 18.8. The number of fused-ring (bicyclic) bond motifs is 1. The molecule has 0 saturated heterocycles. The van der Waals surface area contributed by atoms with E-state index in [1.165, 1.54) is 25.6 Å². The second kappa shape index (κ2) is 9.11. The highest BCUT2D eigenvalue weighted by Crippen LogP contribution is 2.30. The largest absolute Gasteiger partial charge is 0.465 e. The van der Waals surface area contributed by atoms with Gasteiger partial charge in [0.05, 0.1) is 19.9 Å². The first kappa shape index (κ1) is 22.4. The summed E-state index contributed by atoms with van der Waals surface area (Å²) in [4.78, 5) is 43.3. The van der Waals surface area contributed by atoms with Crippen LogP contribution in [0.1, 0.15) is 39.4 Å². The number of allylic oxidation sites excluding steroid dienone is 4. The summed E-state index contributed by atoms with van der Waals surface area (Å²) in [5.74, 6) is -1.70. The van der Waals surface area contributed by atoms with Gasteiger partial charge in [-0.2, -0.15) is 19.4 Å². The van der Waals surface area contributed by atoms with Gasteiger partial charge in [-0.25, -0.2) is 19.4 Å². The molecule has 1 aliphatic carbocycles. The van der Waals surface area contributed by atoms with Crippen LogP contribution in [0.5, 0.6) is 0 Å². The lowest BCUT2D eigenvalue weighted by Gasteiger charge is -2.12. The number of thiazole rings is 1. The molecule has 1 aromatic carbocycles. The van der Waals surface area contributed by atoms with Gasteiger partial charge < -0.3 is 9.47 Å². The minimum absolute atomic E-state index is 0.0832. The maximum Gasteiger partial charge on any atom is 0.372 e. The molecule has 176 valence electrons. The Labute approximate surface area is 202 Å². The first-order valence-corrected chi connectivity index (χ1v) is 11.5. The number of methoxy groups -OCH3 is 2. The first-order valence-electron chi connectivity index (χ1n) is 10.6. The molecule has 1 aliphatic rings. The molecular formula is C24H19N5O5S. The van der Waals surface area contributed by atoms with Gasteiger partial charge >= 0.3 is 17.6 Å². The quantitative estimate of drug-likeness (QED) is 0.392. The molecule has 0 amide bonds. The fourth-order valence-corrected chi connectivity index (χ4v) is 4.61. The van der Waals surface area contributed by atoms with E-state index < -0.39 is 17.6 Å². The number of carbonyl (C=O) groups is 2. The van der Waals surface area contributed by atoms with Crippen LogP contribution in [-0.4, -0.2) is 50.5 Å². The average Bonchev–Trinajstić information content (AvgIpc) is 3.55. The van der Waals surface area contributed by atoms with Crippen molar-refractivity contribution in [3.63, 3.8) is 0 Å². The monoisotopic (exact) mass is 489 g/mol. The van der Waals surface area contributed by atoms with Gasteiger partial charge in [-0.15, -0.1) is 11.3 Å². The van der Waals surface area contributed by atoms with Gasteiger partial charge in [0, 0.05) is 10.9 Å². The molecule has 0 spiro atoms. The van der Waals surface area contributed by atoms with E-state index in [0.29, 0.717) is 22.9 Å². The first-order chi connectivity index (χ1) is 17.0. The standard InChI is InChI=1S/C24H19N5O5S/c1-33-21(30)17-19(22(31)34-2)27-28-20(17)18(15-11-7-4-8-12-15)26-29(24(28)32)23-25-16(13-35-23)14-9-5-3-6-10-14/h3-7,9-11,13H,8,12H2,1-2H3. The van der Waals surface area contributed by atoms with Gasteiger partial charge in [-0.1, -0.05) is 48.6 Å². The van der Waals surface area contributed by atoms with Crippen LogP contribution in [0, 0.1) is 0 Å². The van der Waals surface area contributed by atoms with Gasteiger partial charge in [-0.05, 0) is 18.4 Å². The highest BCUT2D eigenvalue weighted by atomic mass is 32.1. The summed E-state index contributed by atoms with van der Waals surface area (Å²) in [6.45, 7) is 0. The van der Waals surface area contributed by atoms with Crippen molar-refractivity contribution in [2.45, 2.75) is 12.8 Å². The zero-order chi connectivity index (χ0) is 24.5. The third-order valence-electron chi connectivity index (χ3n) is 5.50. The molecule has 5 rings (SSSR count). The lowest BCUT2D eigenvalue weighted by Crippen LogP contribution is -2.30. The van der Waals surface area contributed by atoms with Crippen molar-refractivity contribution in [1.29, 1.82) is 0 Å². The fraction of sp³-hybridized carbons (Fsp3) is 0.167. The number of hydrogen-bond donors (Lipinski definition) is 0. The van der Waals surface area contributed by atoms with E-state index in [0.717, 1.165) is 26.8 Å². The maximum absolute atomic E-state index is 13.5. The summed E-state index contributed by atoms with van der Waals surface area (Å²) in [7, 11) is 2.35. The number of aromatic nitrogens is 5. The van der Waals surface area contributed by atoms with Crippen LogP contribution in [0.4, 0.5) is 0 Å². The van der Waals surface area contributed by atoms with E-state index in [-0.39, 0.29) is 16.8 Å². The number of ether oxygens (including phenoxy) is 2. The number of carbonyl (C=O) groups excluding carboxylic acids is 2. The second-order valence-corrected chi connectivity index (χ2v) is 8.39. The van der Waals surface area contributed by atoms with Crippen LogP contribution in [0.25, 0.3) is 27.5 Å². The highest BCUT2D eigenvalue weighted by molar-refractivity contribution is 7.12. The molecule has 11 heteroatoms. The summed E-state index contributed by atoms with van der Waals surface area (Å²) in [5, 5.41) is 10.9. The third-order valence-corrected chi connectivity index (χ3v) is 6.32. The molecule has 3 heterocycles. The van der Waals surface area contributed by atoms with E-state index in [1.807, 2.05) is 53.9 Å². The van der Waals surface area contributed by atoms with Crippen LogP contribution < -0.4 is 5.69 Å². The summed E-state index contributed by atoms with van der Waals surface area (Å²) in [5.41, 5.74) is 1.57. The molecule has 0 saturated carbocycles. The Bertz CT molecular complexity index is 1580. The molecule has 0 radical (unpaired) electrons. The Kier molecular flexibility index (Phi) is 5.83. The predicted octanol–water partition coefficient (Wildman–Crippen LogP) is 3.31. The summed E-state index contributed by atoms with van der Waals surface area (Å²) in [6.07, 6.45) is 7.09. The maximum atomic E-state index is 13.5. The molecule has 10 nitrogen and oxygen atoms in total. The molecule has 0 unspecified atom stereocenters. The Morgan fingerprint density at radius 1 is 1.06 bits per heavy atom. The lowest BCUT2D eigenvalue weighted by molar-refractivity contribution is 0.0553. The van der Waals surface area contributed by atoms with E-state index in [4.69, 9.17) is 9.47 Å². The van der Waals surface area contributed by atoms with E-state index in [1.54, 1.807) is 0 Å². The van der Waals surface area contributed by atoms with Crippen molar-refractivity contribution in [2.24, 2.45) is 0 Å². The number of benzene rings is 1. The van der Waals surface area contributed by atoms with Gasteiger partial charge in [0.1, 0.15) is 16.8 Å². The molecule has 35 heavy (non-hydrogen) atoms. The van der Waals surface area contributed by atoms with Crippen LogP contribution in [0.15, 0.2) is 58.7 Å². The second-order valence-electron chi connectivity index (χ2n) is 7.55. The number of esters is 2. The van der Waals surface area contributed by atoms with Crippen LogP contribution in [-0.2, 0) is 9.47 Å². The van der Waals surface area contributed by atoms with E-state index in [9.17, 15) is 14.4 Å². The van der Waals surface area contributed by atoms with Gasteiger partial charge in [0.15, 0.2) is 5.69 Å². The van der Waals surface area contributed by atoms with Crippen molar-refractivity contribution in [1.82, 2.24) is 24.4 Å². The van der Waals surface area contributed by atoms with Crippen molar-refractivity contribution < 1.29 is 19.1 Å². The van der Waals surface area contributed by atoms with Gasteiger partial charge in [0.25, 0.3) is 0 Å². The third kappa shape index (κ3) is 3.85. The molecule has 0 N–H and O–H groups in total. The Morgan fingerprint density at radius 3 is 2.51 bits per heavy atom.